The molecule has 25 nitrogen and oxygen atoms in total. The number of benzene rings is 2. The van der Waals surface area contributed by atoms with Crippen LogP contribution < -0.4 is 55.3 Å². The van der Waals surface area contributed by atoms with Gasteiger partial charge in [0.25, 0.3) is 0 Å². The van der Waals surface area contributed by atoms with Crippen molar-refractivity contribution >= 4 is 59.4 Å². The van der Waals surface area contributed by atoms with Gasteiger partial charge in [-0.15, -0.1) is 0 Å². The lowest BCUT2D eigenvalue weighted by atomic mass is 10.0. The first-order chi connectivity index (χ1) is 29.6. The van der Waals surface area contributed by atoms with Gasteiger partial charge in [-0.1, -0.05) is 24.3 Å². The molecule has 20 N–H and O–H groups in total. The van der Waals surface area contributed by atoms with Crippen molar-refractivity contribution in [2.45, 2.75) is 87.6 Å². The largest absolute Gasteiger partial charge is 0.508 e. The van der Waals surface area contributed by atoms with Crippen LogP contribution in [0.4, 0.5) is 0 Å². The van der Waals surface area contributed by atoms with Gasteiger partial charge in [-0.3, -0.25) is 43.5 Å². The van der Waals surface area contributed by atoms with Crippen molar-refractivity contribution in [1.82, 2.24) is 26.6 Å². The molecule has 0 aromatic heterocycles. The van der Waals surface area contributed by atoms with Crippen LogP contribution >= 0.6 is 0 Å². The first-order valence-corrected chi connectivity index (χ1v) is 19.3. The first kappa shape index (κ1) is 51.4. The number of aliphatic carboxylic acids is 3. The molecule has 0 radical (unpaired) electrons. The Morgan fingerprint density at radius 2 is 0.841 bits per heavy atom. The average molecular weight is 887 g/mol. The summed E-state index contributed by atoms with van der Waals surface area (Å²) < 4.78 is 0. The zero-order valence-electron chi connectivity index (χ0n) is 33.9. The second-order valence-electron chi connectivity index (χ2n) is 14.1. The molecule has 0 unspecified atom stereocenters. The van der Waals surface area contributed by atoms with E-state index < -0.39 is 96.5 Å². The number of amides is 5. The summed E-state index contributed by atoms with van der Waals surface area (Å²) in [6, 6.07) is 1.13. The Hall–Kier alpha value is -7.70. The van der Waals surface area contributed by atoms with Crippen LogP contribution in [0.15, 0.2) is 58.5 Å². The van der Waals surface area contributed by atoms with Crippen molar-refractivity contribution in [3.8, 4) is 11.5 Å². The van der Waals surface area contributed by atoms with Crippen molar-refractivity contribution < 1.29 is 63.9 Å². The molecule has 0 aliphatic carbocycles. The molecule has 25 heteroatoms. The minimum absolute atomic E-state index is 0.0271. The predicted octanol–water partition coefficient (Wildman–Crippen LogP) is -4.22. The lowest BCUT2D eigenvalue weighted by Crippen LogP contribution is -2.60. The van der Waals surface area contributed by atoms with Gasteiger partial charge in [0.05, 0.1) is 18.9 Å². The fraction of sp³-hybridized carbons (Fsp3) is 0.421. The van der Waals surface area contributed by atoms with Crippen molar-refractivity contribution in [1.29, 1.82) is 0 Å². The summed E-state index contributed by atoms with van der Waals surface area (Å²) in [5.41, 5.74) is 28.2. The molecule has 6 atom stereocenters. The van der Waals surface area contributed by atoms with Crippen LogP contribution in [0.2, 0.25) is 0 Å². The highest BCUT2D eigenvalue weighted by atomic mass is 16.4. The number of carboxylic acid groups (broad SMARTS) is 3. The van der Waals surface area contributed by atoms with E-state index >= 15 is 0 Å². The van der Waals surface area contributed by atoms with Gasteiger partial charge in [0.2, 0.25) is 29.5 Å². The number of phenolic OH excluding ortho intramolecular Hbond substituents is 2. The lowest BCUT2D eigenvalue weighted by molar-refractivity contribution is -0.144. The number of guanidine groups is 2. The number of aromatic hydroxyl groups is 2. The minimum Gasteiger partial charge on any atom is -0.508 e. The van der Waals surface area contributed by atoms with Crippen molar-refractivity contribution in [2.24, 2.45) is 38.7 Å². The number of carbonyl (C=O) groups is 8. The van der Waals surface area contributed by atoms with Gasteiger partial charge in [0.15, 0.2) is 11.9 Å². The van der Waals surface area contributed by atoms with E-state index in [-0.39, 0.29) is 75.0 Å². The highest BCUT2D eigenvalue weighted by Crippen LogP contribution is 2.14. The standard InChI is InChI=1S/C38H54N12O13/c39-23(3-1-13-44-37(40)41)31(57)47-25(15-19-5-9-21(51)10-6-19)33(59)48-27(18-30(55)56)35(61)49-26(17-29(53)54)34(60)46-24(4-2-14-45-38(42)43)32(58)50-28(36(62)63)16-20-7-11-22(52)12-8-20/h5-12,23-28,51-52H,1-4,13-18,39H2,(H,46,60)(H,47,57)(H,48,59)(H,49,61)(H,50,58)(H,53,54)(H,55,56)(H,62,63)(H4,40,41,44)(H4,42,43,45)/t23-,24-,25-,26-,27-,28-/m0/s1. The third-order valence-electron chi connectivity index (χ3n) is 8.91. The molecule has 0 bridgehead atoms. The topological polar surface area (TPSA) is 453 Å². The summed E-state index contributed by atoms with van der Waals surface area (Å²) >= 11 is 0. The third kappa shape index (κ3) is 19.9. The number of nitrogens with zero attached hydrogens (tertiary/aromatic N) is 2. The van der Waals surface area contributed by atoms with Crippen LogP contribution in [0, 0.1) is 0 Å². The van der Waals surface area contributed by atoms with Crippen LogP contribution in [-0.4, -0.2) is 134 Å². The van der Waals surface area contributed by atoms with E-state index in [2.05, 4.69) is 36.6 Å². The maximum absolute atomic E-state index is 13.7. The van der Waals surface area contributed by atoms with E-state index in [1.807, 2.05) is 0 Å². The van der Waals surface area contributed by atoms with Gasteiger partial charge in [0, 0.05) is 25.9 Å². The highest BCUT2D eigenvalue weighted by molar-refractivity contribution is 5.98. The van der Waals surface area contributed by atoms with E-state index in [0.717, 1.165) is 0 Å². The molecular weight excluding hydrogens is 832 g/mol. The monoisotopic (exact) mass is 886 g/mol. The predicted molar refractivity (Wildman–Crippen MR) is 223 cm³/mol. The van der Waals surface area contributed by atoms with Gasteiger partial charge in [-0.25, -0.2) is 4.79 Å². The maximum Gasteiger partial charge on any atom is 0.326 e. The summed E-state index contributed by atoms with van der Waals surface area (Å²) in [4.78, 5) is 111. The van der Waals surface area contributed by atoms with Crippen LogP contribution in [0.1, 0.15) is 49.7 Å². The zero-order valence-corrected chi connectivity index (χ0v) is 33.9. The maximum atomic E-state index is 13.7. The summed E-state index contributed by atoms with van der Waals surface area (Å²) in [6.07, 6.45) is -2.58. The number of nitrogens with two attached hydrogens (primary N) is 5. The number of hydrogen-bond donors (Lipinski definition) is 15. The molecule has 2 rings (SSSR count). The first-order valence-electron chi connectivity index (χ1n) is 19.3. The SMILES string of the molecule is NC(N)=NCCC[C@H](NC(=O)[C@H](CC(=O)O)NC(=O)[C@H](CC(=O)O)NC(=O)[C@H](Cc1ccc(O)cc1)NC(=O)[C@@H](N)CCCN=C(N)N)C(=O)N[C@@H](Cc1ccc(O)cc1)C(=O)O. The number of rotatable bonds is 27. The molecule has 0 heterocycles. The van der Waals surface area contributed by atoms with Crippen molar-refractivity contribution in [3.63, 3.8) is 0 Å². The van der Waals surface area contributed by atoms with Crippen LogP contribution in [0.3, 0.4) is 0 Å². The smallest absolute Gasteiger partial charge is 0.326 e. The van der Waals surface area contributed by atoms with E-state index in [9.17, 15) is 63.9 Å². The molecule has 0 saturated carbocycles. The minimum atomic E-state index is -2.01. The second-order valence-corrected chi connectivity index (χ2v) is 14.1. The van der Waals surface area contributed by atoms with Gasteiger partial charge in [-0.05, 0) is 61.1 Å². The molecule has 344 valence electrons. The Kier molecular flexibility index (Phi) is 21.1. The van der Waals surface area contributed by atoms with Crippen LogP contribution in [0.5, 0.6) is 11.5 Å². The molecule has 2 aromatic carbocycles. The number of aliphatic imine (C=N–C) groups is 2. The number of carboxylic acids is 3. The molecule has 0 aliphatic rings. The normalized spacial score (nSPS) is 13.5. The fourth-order valence-corrected chi connectivity index (χ4v) is 5.70. The Morgan fingerprint density at radius 1 is 0.492 bits per heavy atom. The number of carbonyl (C=O) groups excluding carboxylic acids is 5. The van der Waals surface area contributed by atoms with E-state index in [4.69, 9.17) is 28.7 Å². The molecule has 0 aliphatic heterocycles. The molecule has 0 saturated heterocycles. The highest BCUT2D eigenvalue weighted by Gasteiger charge is 2.34. The number of nitrogens with one attached hydrogen (secondary N) is 5. The molecule has 2 aromatic rings. The summed E-state index contributed by atoms with van der Waals surface area (Å²) in [6.45, 7) is 0.0947. The Morgan fingerprint density at radius 3 is 1.25 bits per heavy atom. The second kappa shape index (κ2) is 25.8. The van der Waals surface area contributed by atoms with Gasteiger partial charge >= 0.3 is 17.9 Å². The van der Waals surface area contributed by atoms with Crippen LogP contribution in [-0.2, 0) is 51.2 Å². The molecular formula is C38H54N12O13. The fourth-order valence-electron chi connectivity index (χ4n) is 5.70. The summed E-state index contributed by atoms with van der Waals surface area (Å²) in [5.74, 6) is -11.0. The molecule has 0 fully saturated rings. The average Bonchev–Trinajstić information content (AvgIpc) is 3.20. The van der Waals surface area contributed by atoms with E-state index in [1.165, 1.54) is 48.5 Å². The Bertz CT molecular complexity index is 1970. The van der Waals surface area contributed by atoms with Crippen LogP contribution in [0.25, 0.3) is 0 Å². The Balaban J connectivity index is 2.36. The molecule has 0 spiro atoms. The Labute approximate surface area is 359 Å². The summed E-state index contributed by atoms with van der Waals surface area (Å²) in [5, 5.41) is 59.8. The quantitative estimate of drug-likeness (QED) is 0.0230. The number of phenols is 2. The number of hydrogen-bond acceptors (Lipinski definition) is 13. The van der Waals surface area contributed by atoms with E-state index in [1.54, 1.807) is 0 Å². The van der Waals surface area contributed by atoms with Gasteiger partial charge in [0.1, 0.15) is 41.7 Å². The molecule has 5 amide bonds. The van der Waals surface area contributed by atoms with Gasteiger partial charge < -0.3 is 80.8 Å². The van der Waals surface area contributed by atoms with E-state index in [0.29, 0.717) is 11.1 Å². The third-order valence-corrected chi connectivity index (χ3v) is 8.91. The van der Waals surface area contributed by atoms with Crippen molar-refractivity contribution in [2.75, 3.05) is 13.1 Å². The summed E-state index contributed by atoms with van der Waals surface area (Å²) in [7, 11) is 0. The van der Waals surface area contributed by atoms with Crippen molar-refractivity contribution in [3.05, 3.63) is 59.7 Å². The lowest BCUT2D eigenvalue weighted by Gasteiger charge is -2.26. The zero-order chi connectivity index (χ0) is 47.2. The molecule has 63 heavy (non-hydrogen) atoms. The van der Waals surface area contributed by atoms with Gasteiger partial charge in [-0.2, -0.15) is 0 Å².